The van der Waals surface area contributed by atoms with Crippen LogP contribution in [0.5, 0.6) is 11.5 Å². The number of rotatable bonds is 7. The van der Waals surface area contributed by atoms with E-state index in [4.69, 9.17) is 9.47 Å². The molecule has 1 heterocycles. The topological polar surface area (TPSA) is 59.6 Å². The fraction of sp³-hybridized carbons (Fsp3) is 0.438. The SMILES string of the molecule is C=CCc1cc(CNC(=O)C2CSCN2)cc(OC)c1OC.Cl. The minimum atomic E-state index is -0.0993. The molecule has 0 spiro atoms. The van der Waals surface area contributed by atoms with Crippen LogP contribution < -0.4 is 20.1 Å². The second kappa shape index (κ2) is 9.70. The highest BCUT2D eigenvalue weighted by atomic mass is 35.5. The van der Waals surface area contributed by atoms with E-state index in [9.17, 15) is 4.79 Å². The number of carbonyl (C=O) groups is 1. The molecule has 7 heteroatoms. The molecule has 1 amide bonds. The number of hydrogen-bond donors (Lipinski definition) is 2. The van der Waals surface area contributed by atoms with Crippen molar-refractivity contribution in [2.45, 2.75) is 19.0 Å². The molecule has 128 valence electrons. The van der Waals surface area contributed by atoms with Gasteiger partial charge in [-0.2, -0.15) is 0 Å². The van der Waals surface area contributed by atoms with Crippen LogP contribution in [0.1, 0.15) is 11.1 Å². The molecule has 2 rings (SSSR count). The number of halogens is 1. The molecule has 1 aliphatic rings. The highest BCUT2D eigenvalue weighted by molar-refractivity contribution is 7.99. The molecule has 2 N–H and O–H groups in total. The van der Waals surface area contributed by atoms with Crippen molar-refractivity contribution in [3.8, 4) is 11.5 Å². The Labute approximate surface area is 147 Å². The van der Waals surface area contributed by atoms with E-state index in [0.717, 1.165) is 22.8 Å². The lowest BCUT2D eigenvalue weighted by Gasteiger charge is -2.15. The van der Waals surface area contributed by atoms with Crippen molar-refractivity contribution < 1.29 is 14.3 Å². The Morgan fingerprint density at radius 1 is 1.48 bits per heavy atom. The minimum absolute atomic E-state index is 0. The van der Waals surface area contributed by atoms with Crippen molar-refractivity contribution in [2.75, 3.05) is 25.8 Å². The molecule has 5 nitrogen and oxygen atoms in total. The summed E-state index contributed by atoms with van der Waals surface area (Å²) in [5.41, 5.74) is 1.98. The predicted octanol–water partition coefficient (Wildman–Crippen LogP) is 2.13. The van der Waals surface area contributed by atoms with Crippen molar-refractivity contribution in [3.05, 3.63) is 35.9 Å². The van der Waals surface area contributed by atoms with Crippen molar-refractivity contribution in [1.82, 2.24) is 10.6 Å². The van der Waals surface area contributed by atoms with Gasteiger partial charge in [-0.1, -0.05) is 6.08 Å². The van der Waals surface area contributed by atoms with Crippen LogP contribution in [0.4, 0.5) is 0 Å². The van der Waals surface area contributed by atoms with Crippen LogP contribution in [-0.4, -0.2) is 37.8 Å². The molecule has 1 aromatic carbocycles. The number of ether oxygens (including phenoxy) is 2. The molecular weight excluding hydrogens is 336 g/mol. The van der Waals surface area contributed by atoms with Gasteiger partial charge in [0.2, 0.25) is 5.91 Å². The van der Waals surface area contributed by atoms with Crippen LogP contribution in [0.15, 0.2) is 24.8 Å². The molecule has 1 aliphatic heterocycles. The maximum Gasteiger partial charge on any atom is 0.238 e. The quantitative estimate of drug-likeness (QED) is 0.731. The first kappa shape index (κ1) is 19.7. The molecule has 0 aromatic heterocycles. The standard InChI is InChI=1S/C16H22N2O3S.ClH/c1-4-5-12-6-11(7-14(20-2)15(12)21-3)8-17-16(19)13-9-22-10-18-13;/h4,6-7,13,18H,1,5,8-10H2,2-3H3,(H,17,19);1H. The van der Waals surface area contributed by atoms with E-state index in [1.807, 2.05) is 18.2 Å². The number of thioether (sulfide) groups is 1. The summed E-state index contributed by atoms with van der Waals surface area (Å²) >= 11 is 1.73. The van der Waals surface area contributed by atoms with Gasteiger partial charge in [0, 0.05) is 23.7 Å². The monoisotopic (exact) mass is 358 g/mol. The van der Waals surface area contributed by atoms with Crippen molar-refractivity contribution >= 4 is 30.1 Å². The summed E-state index contributed by atoms with van der Waals surface area (Å²) in [5, 5.41) is 6.12. The van der Waals surface area contributed by atoms with Crippen molar-refractivity contribution in [2.24, 2.45) is 0 Å². The molecule has 0 radical (unpaired) electrons. The average molecular weight is 359 g/mol. The van der Waals surface area contributed by atoms with E-state index in [1.165, 1.54) is 0 Å². The molecule has 0 saturated carbocycles. The number of benzene rings is 1. The van der Waals surface area contributed by atoms with Gasteiger partial charge in [0.1, 0.15) is 0 Å². The maximum atomic E-state index is 12.0. The van der Waals surface area contributed by atoms with Gasteiger partial charge >= 0.3 is 0 Å². The van der Waals surface area contributed by atoms with Gasteiger partial charge in [-0.25, -0.2) is 0 Å². The minimum Gasteiger partial charge on any atom is -0.493 e. The number of hydrogen-bond acceptors (Lipinski definition) is 5. The Kier molecular flexibility index (Phi) is 8.30. The summed E-state index contributed by atoms with van der Waals surface area (Å²) < 4.78 is 10.8. The summed E-state index contributed by atoms with van der Waals surface area (Å²) in [6.07, 6.45) is 2.50. The molecular formula is C16H23ClN2O3S. The fourth-order valence-corrected chi connectivity index (χ4v) is 3.33. The first-order valence-corrected chi connectivity index (χ1v) is 8.28. The van der Waals surface area contributed by atoms with E-state index in [0.29, 0.717) is 24.5 Å². The van der Waals surface area contributed by atoms with Crippen molar-refractivity contribution in [3.63, 3.8) is 0 Å². The number of carbonyl (C=O) groups excluding carboxylic acids is 1. The number of nitrogens with one attached hydrogen (secondary N) is 2. The van der Waals surface area contributed by atoms with Crippen LogP contribution >= 0.6 is 24.2 Å². The Bertz CT molecular complexity index is 548. The first-order chi connectivity index (χ1) is 10.7. The third-order valence-electron chi connectivity index (χ3n) is 3.48. The largest absolute Gasteiger partial charge is 0.493 e. The number of methoxy groups -OCH3 is 2. The summed E-state index contributed by atoms with van der Waals surface area (Å²) in [7, 11) is 3.23. The van der Waals surface area contributed by atoms with E-state index >= 15 is 0 Å². The number of amides is 1. The summed E-state index contributed by atoms with van der Waals surface area (Å²) in [6, 6.07) is 3.81. The van der Waals surface area contributed by atoms with Gasteiger partial charge in [0.15, 0.2) is 11.5 Å². The highest BCUT2D eigenvalue weighted by Crippen LogP contribution is 2.33. The Morgan fingerprint density at radius 3 is 2.83 bits per heavy atom. The average Bonchev–Trinajstić information content (AvgIpc) is 3.06. The fourth-order valence-electron chi connectivity index (χ4n) is 2.39. The summed E-state index contributed by atoms with van der Waals surface area (Å²) in [6.45, 7) is 4.23. The van der Waals surface area contributed by atoms with Crippen LogP contribution in [0.2, 0.25) is 0 Å². The second-order valence-electron chi connectivity index (χ2n) is 4.97. The lowest BCUT2D eigenvalue weighted by Crippen LogP contribution is -2.41. The molecule has 1 aromatic rings. The normalized spacial score (nSPS) is 16.3. The van der Waals surface area contributed by atoms with E-state index < -0.39 is 0 Å². The molecule has 1 saturated heterocycles. The van der Waals surface area contributed by atoms with Gasteiger partial charge in [-0.15, -0.1) is 30.7 Å². The third-order valence-corrected chi connectivity index (χ3v) is 4.42. The van der Waals surface area contributed by atoms with E-state index in [2.05, 4.69) is 17.2 Å². The molecule has 1 unspecified atom stereocenters. The Balaban J connectivity index is 0.00000264. The summed E-state index contributed by atoms with van der Waals surface area (Å²) in [4.78, 5) is 12.0. The number of allylic oxidation sites excluding steroid dienone is 1. The zero-order chi connectivity index (χ0) is 15.9. The zero-order valence-electron chi connectivity index (χ0n) is 13.4. The zero-order valence-corrected chi connectivity index (χ0v) is 15.0. The Hall–Kier alpha value is -1.37. The van der Waals surface area contributed by atoms with Crippen LogP contribution in [0, 0.1) is 0 Å². The molecule has 23 heavy (non-hydrogen) atoms. The van der Waals surface area contributed by atoms with Gasteiger partial charge in [-0.3, -0.25) is 10.1 Å². The van der Waals surface area contributed by atoms with Gasteiger partial charge in [0.05, 0.1) is 20.3 Å². The third kappa shape index (κ3) is 5.06. The first-order valence-electron chi connectivity index (χ1n) is 7.13. The van der Waals surface area contributed by atoms with Gasteiger partial charge in [0.25, 0.3) is 0 Å². The molecule has 1 fully saturated rings. The van der Waals surface area contributed by atoms with E-state index in [1.54, 1.807) is 26.0 Å². The van der Waals surface area contributed by atoms with Crippen LogP contribution in [0.25, 0.3) is 0 Å². The molecule has 1 atom stereocenters. The maximum absolute atomic E-state index is 12.0. The van der Waals surface area contributed by atoms with Crippen molar-refractivity contribution in [1.29, 1.82) is 0 Å². The highest BCUT2D eigenvalue weighted by Gasteiger charge is 2.22. The lowest BCUT2D eigenvalue weighted by atomic mass is 10.1. The Morgan fingerprint density at radius 2 is 2.26 bits per heavy atom. The summed E-state index contributed by atoms with van der Waals surface area (Å²) in [5.74, 6) is 3.06. The smallest absolute Gasteiger partial charge is 0.238 e. The van der Waals surface area contributed by atoms with Crippen LogP contribution in [-0.2, 0) is 17.8 Å². The van der Waals surface area contributed by atoms with E-state index in [-0.39, 0.29) is 24.4 Å². The van der Waals surface area contributed by atoms with Gasteiger partial charge < -0.3 is 14.8 Å². The molecule has 0 aliphatic carbocycles. The predicted molar refractivity (Wildman–Crippen MR) is 96.8 cm³/mol. The lowest BCUT2D eigenvalue weighted by molar-refractivity contribution is -0.122. The molecule has 0 bridgehead atoms. The second-order valence-corrected chi connectivity index (χ2v) is 6.00. The van der Waals surface area contributed by atoms with Crippen LogP contribution in [0.3, 0.4) is 0 Å². The van der Waals surface area contributed by atoms with Gasteiger partial charge in [-0.05, 0) is 24.1 Å².